The molecular formula is C23H32F3N3O2. The van der Waals surface area contributed by atoms with Crippen LogP contribution >= 0.6 is 0 Å². The summed E-state index contributed by atoms with van der Waals surface area (Å²) in [6.45, 7) is 1.27. The number of nitrogens with zero attached hydrogens (tertiary/aromatic N) is 2. The molecule has 0 spiro atoms. The van der Waals surface area contributed by atoms with Gasteiger partial charge in [-0.3, -0.25) is 9.59 Å². The van der Waals surface area contributed by atoms with E-state index in [4.69, 9.17) is 0 Å². The normalized spacial score (nSPS) is 23.3. The second-order valence-corrected chi connectivity index (χ2v) is 8.78. The molecule has 2 fully saturated rings. The molecule has 2 unspecified atom stereocenters. The Kier molecular flexibility index (Phi) is 7.62. The van der Waals surface area contributed by atoms with Gasteiger partial charge in [0.05, 0.1) is 17.5 Å². The molecule has 2 amide bonds. The summed E-state index contributed by atoms with van der Waals surface area (Å²) < 4.78 is 38.7. The number of halogens is 3. The minimum atomic E-state index is -4.42. The highest BCUT2D eigenvalue weighted by Crippen LogP contribution is 2.37. The zero-order valence-corrected chi connectivity index (χ0v) is 18.3. The first-order chi connectivity index (χ1) is 14.7. The predicted octanol–water partition coefficient (Wildman–Crippen LogP) is 4.00. The van der Waals surface area contributed by atoms with Crippen molar-refractivity contribution in [2.45, 2.75) is 63.2 Å². The molecule has 1 aromatic rings. The first-order valence-corrected chi connectivity index (χ1v) is 11.1. The lowest BCUT2D eigenvalue weighted by Gasteiger charge is -2.38. The van der Waals surface area contributed by atoms with Gasteiger partial charge < -0.3 is 15.1 Å². The molecule has 1 saturated heterocycles. The standard InChI is InChI=1S/C23H32F3N3O2/c1-28(18-6-4-3-5-7-18)15-14-27-22(31)19-12-13-20(30)29(2)21(19)16-8-10-17(11-9-16)23(24,25)26/h8-11,18-19,21H,3-7,12-15H2,1-2H3,(H,27,31). The Bertz CT molecular complexity index is 760. The van der Waals surface area contributed by atoms with Gasteiger partial charge >= 0.3 is 6.18 Å². The van der Waals surface area contributed by atoms with Crippen LogP contribution in [0, 0.1) is 5.92 Å². The summed E-state index contributed by atoms with van der Waals surface area (Å²) >= 11 is 0. The maximum Gasteiger partial charge on any atom is 0.416 e. The number of benzene rings is 1. The number of hydrogen-bond acceptors (Lipinski definition) is 3. The molecule has 8 heteroatoms. The van der Waals surface area contributed by atoms with Gasteiger partial charge in [-0.25, -0.2) is 0 Å². The molecule has 0 bridgehead atoms. The fourth-order valence-electron chi connectivity index (χ4n) is 4.83. The van der Waals surface area contributed by atoms with Crippen molar-refractivity contribution in [3.05, 3.63) is 35.4 Å². The number of piperidine rings is 1. The number of hydrogen-bond donors (Lipinski definition) is 1. The van der Waals surface area contributed by atoms with Crippen LogP contribution < -0.4 is 5.32 Å². The Hall–Kier alpha value is -2.09. The summed E-state index contributed by atoms with van der Waals surface area (Å²) in [5.74, 6) is -0.744. The van der Waals surface area contributed by atoms with Crippen molar-refractivity contribution in [1.82, 2.24) is 15.1 Å². The third kappa shape index (κ3) is 5.79. The minimum Gasteiger partial charge on any atom is -0.354 e. The Balaban J connectivity index is 1.64. The van der Waals surface area contributed by atoms with E-state index in [1.165, 1.54) is 49.1 Å². The van der Waals surface area contributed by atoms with Gasteiger partial charge in [-0.15, -0.1) is 0 Å². The smallest absolute Gasteiger partial charge is 0.354 e. The maximum atomic E-state index is 13.0. The van der Waals surface area contributed by atoms with E-state index >= 15 is 0 Å². The number of carbonyl (C=O) groups is 2. The Labute approximate surface area is 182 Å². The zero-order valence-electron chi connectivity index (χ0n) is 18.3. The highest BCUT2D eigenvalue weighted by atomic mass is 19.4. The molecule has 1 heterocycles. The topological polar surface area (TPSA) is 52.7 Å². The van der Waals surface area contributed by atoms with Gasteiger partial charge in [-0.1, -0.05) is 31.4 Å². The van der Waals surface area contributed by atoms with E-state index in [9.17, 15) is 22.8 Å². The van der Waals surface area contributed by atoms with Gasteiger partial charge in [-0.05, 0) is 44.0 Å². The van der Waals surface area contributed by atoms with Crippen molar-refractivity contribution in [3.63, 3.8) is 0 Å². The molecule has 1 aromatic carbocycles. The first kappa shape index (κ1) is 23.6. The van der Waals surface area contributed by atoms with Crippen molar-refractivity contribution in [2.24, 2.45) is 5.92 Å². The third-order valence-electron chi connectivity index (χ3n) is 6.74. The minimum absolute atomic E-state index is 0.106. The van der Waals surface area contributed by atoms with Gasteiger partial charge in [0.25, 0.3) is 0 Å². The lowest BCUT2D eigenvalue weighted by atomic mass is 9.83. The summed E-state index contributed by atoms with van der Waals surface area (Å²) in [7, 11) is 3.70. The fourth-order valence-corrected chi connectivity index (χ4v) is 4.83. The van der Waals surface area contributed by atoms with E-state index in [-0.39, 0.29) is 18.2 Å². The number of likely N-dealkylation sites (tertiary alicyclic amines) is 1. The van der Waals surface area contributed by atoms with Crippen LogP contribution in [0.15, 0.2) is 24.3 Å². The molecule has 31 heavy (non-hydrogen) atoms. The van der Waals surface area contributed by atoms with Crippen LogP contribution in [-0.4, -0.2) is 54.8 Å². The van der Waals surface area contributed by atoms with Crippen LogP contribution in [-0.2, 0) is 15.8 Å². The second kappa shape index (κ2) is 10.0. The number of alkyl halides is 3. The predicted molar refractivity (Wildman–Crippen MR) is 112 cm³/mol. The van der Waals surface area contributed by atoms with Crippen LogP contribution in [0.4, 0.5) is 13.2 Å². The second-order valence-electron chi connectivity index (χ2n) is 8.78. The Morgan fingerprint density at radius 3 is 2.39 bits per heavy atom. The molecule has 3 rings (SSSR count). The summed E-state index contributed by atoms with van der Waals surface area (Å²) in [6.07, 6.45) is 2.39. The highest BCUT2D eigenvalue weighted by Gasteiger charge is 2.39. The summed E-state index contributed by atoms with van der Waals surface area (Å²) in [6, 6.07) is 4.76. The van der Waals surface area contributed by atoms with Crippen molar-refractivity contribution in [1.29, 1.82) is 0 Å². The SMILES string of the molecule is CN(CCNC(=O)C1CCC(=O)N(C)C1c1ccc(C(F)(F)F)cc1)C1CCCCC1. The van der Waals surface area contributed by atoms with Gasteiger partial charge in [-0.2, -0.15) is 13.2 Å². The van der Waals surface area contributed by atoms with Gasteiger partial charge in [0.1, 0.15) is 0 Å². The summed E-state index contributed by atoms with van der Waals surface area (Å²) in [5.41, 5.74) is -0.198. The Morgan fingerprint density at radius 2 is 1.77 bits per heavy atom. The number of rotatable bonds is 6. The molecule has 1 saturated carbocycles. The lowest BCUT2D eigenvalue weighted by Crippen LogP contribution is -2.47. The number of carbonyl (C=O) groups excluding carboxylic acids is 2. The van der Waals surface area contributed by atoms with Crippen molar-refractivity contribution < 1.29 is 22.8 Å². The maximum absolute atomic E-state index is 13.0. The molecule has 172 valence electrons. The molecule has 2 atom stereocenters. The van der Waals surface area contributed by atoms with Gasteiger partial charge in [0.15, 0.2) is 0 Å². The molecule has 0 radical (unpaired) electrons. The van der Waals surface area contributed by atoms with Crippen LogP contribution in [0.2, 0.25) is 0 Å². The van der Waals surface area contributed by atoms with Crippen LogP contribution in [0.25, 0.3) is 0 Å². The molecular weight excluding hydrogens is 407 g/mol. The van der Waals surface area contributed by atoms with Crippen molar-refractivity contribution >= 4 is 11.8 Å². The van der Waals surface area contributed by atoms with E-state index in [1.807, 2.05) is 0 Å². The van der Waals surface area contributed by atoms with Crippen LogP contribution in [0.1, 0.15) is 62.1 Å². The summed E-state index contributed by atoms with van der Waals surface area (Å²) in [4.78, 5) is 29.0. The average molecular weight is 440 g/mol. The third-order valence-corrected chi connectivity index (χ3v) is 6.74. The van der Waals surface area contributed by atoms with Crippen LogP contribution in [0.3, 0.4) is 0 Å². The highest BCUT2D eigenvalue weighted by molar-refractivity contribution is 5.84. The average Bonchev–Trinajstić information content (AvgIpc) is 2.75. The van der Waals surface area contributed by atoms with Crippen molar-refractivity contribution in [3.8, 4) is 0 Å². The number of likely N-dealkylation sites (N-methyl/N-ethyl adjacent to an activating group) is 1. The lowest BCUT2D eigenvalue weighted by molar-refractivity contribution is -0.142. The monoisotopic (exact) mass is 439 g/mol. The molecule has 0 aromatic heterocycles. The van der Waals surface area contributed by atoms with Crippen molar-refractivity contribution in [2.75, 3.05) is 27.2 Å². The van der Waals surface area contributed by atoms with E-state index in [1.54, 1.807) is 7.05 Å². The largest absolute Gasteiger partial charge is 0.416 e. The molecule has 5 nitrogen and oxygen atoms in total. The molecule has 1 N–H and O–H groups in total. The van der Waals surface area contributed by atoms with E-state index in [2.05, 4.69) is 17.3 Å². The van der Waals surface area contributed by atoms with Crippen LogP contribution in [0.5, 0.6) is 0 Å². The van der Waals surface area contributed by atoms with E-state index in [0.29, 0.717) is 24.6 Å². The van der Waals surface area contributed by atoms with E-state index < -0.39 is 23.7 Å². The zero-order chi connectivity index (χ0) is 22.6. The number of amides is 2. The van der Waals surface area contributed by atoms with Gasteiger partial charge in [0, 0.05) is 32.6 Å². The number of nitrogens with one attached hydrogen (secondary N) is 1. The summed E-state index contributed by atoms with van der Waals surface area (Å²) in [5, 5.41) is 2.99. The molecule has 1 aliphatic carbocycles. The van der Waals surface area contributed by atoms with E-state index in [0.717, 1.165) is 18.7 Å². The molecule has 1 aliphatic heterocycles. The van der Waals surface area contributed by atoms with Gasteiger partial charge in [0.2, 0.25) is 11.8 Å². The first-order valence-electron chi connectivity index (χ1n) is 11.1. The quantitative estimate of drug-likeness (QED) is 0.729. The fraction of sp³-hybridized carbons (Fsp3) is 0.652. The Morgan fingerprint density at radius 1 is 1.13 bits per heavy atom. The molecule has 2 aliphatic rings.